The van der Waals surface area contributed by atoms with Gasteiger partial charge in [-0.2, -0.15) is 0 Å². The molecule has 2 aromatic rings. The third-order valence-electron chi connectivity index (χ3n) is 3.15. The van der Waals surface area contributed by atoms with Crippen molar-refractivity contribution in [3.05, 3.63) is 40.3 Å². The van der Waals surface area contributed by atoms with Crippen molar-refractivity contribution in [2.75, 3.05) is 7.11 Å². The summed E-state index contributed by atoms with van der Waals surface area (Å²) in [6.07, 6.45) is 3.94. The maximum atomic E-state index is 5.01. The lowest BCUT2D eigenvalue weighted by Gasteiger charge is -2.26. The molecule has 1 aromatic heterocycles. The number of nitrogens with one attached hydrogen (secondary N) is 1. The fourth-order valence-corrected chi connectivity index (χ4v) is 2.59. The summed E-state index contributed by atoms with van der Waals surface area (Å²) in [6.45, 7) is 0. The predicted octanol–water partition coefficient (Wildman–Crippen LogP) is 3.73. The number of halogens is 1. The van der Waals surface area contributed by atoms with Crippen molar-refractivity contribution in [2.45, 2.75) is 18.8 Å². The van der Waals surface area contributed by atoms with Gasteiger partial charge in [0.15, 0.2) is 0 Å². The van der Waals surface area contributed by atoms with Crippen LogP contribution in [0.2, 0.25) is 0 Å². The number of benzene rings is 1. The highest BCUT2D eigenvalue weighted by Gasteiger charge is 2.27. The van der Waals surface area contributed by atoms with E-state index in [1.807, 2.05) is 18.4 Å². The van der Waals surface area contributed by atoms with E-state index in [1.165, 1.54) is 5.57 Å². The molecule has 88 valence electrons. The monoisotopic (exact) mass is 292 g/mol. The minimum Gasteiger partial charge on any atom is -0.504 e. The molecule has 1 aliphatic carbocycles. The molecule has 0 aliphatic heterocycles. The Morgan fingerprint density at radius 1 is 1.47 bits per heavy atom. The summed E-state index contributed by atoms with van der Waals surface area (Å²) < 4.78 is 6.08. The van der Waals surface area contributed by atoms with Gasteiger partial charge >= 0.3 is 0 Å². The fourth-order valence-electron chi connectivity index (χ4n) is 2.22. The lowest BCUT2D eigenvalue weighted by Crippen LogP contribution is -2.14. The lowest BCUT2D eigenvalue weighted by atomic mass is 9.80. The van der Waals surface area contributed by atoms with Gasteiger partial charge in [-0.1, -0.05) is 15.9 Å². The lowest BCUT2D eigenvalue weighted by molar-refractivity contribution is 0.321. The van der Waals surface area contributed by atoms with E-state index in [2.05, 4.69) is 32.0 Å². The molecule has 3 nitrogen and oxygen atoms in total. The highest BCUT2D eigenvalue weighted by atomic mass is 79.9. The van der Waals surface area contributed by atoms with E-state index in [-0.39, 0.29) is 0 Å². The van der Waals surface area contributed by atoms with Crippen LogP contribution >= 0.6 is 15.9 Å². The normalized spacial score (nSPS) is 19.2. The Morgan fingerprint density at radius 2 is 2.29 bits per heavy atom. The molecule has 0 unspecified atom stereocenters. The van der Waals surface area contributed by atoms with Crippen LogP contribution in [0.15, 0.2) is 34.5 Å². The molecule has 0 spiro atoms. The van der Waals surface area contributed by atoms with Crippen LogP contribution in [0.4, 0.5) is 0 Å². The molecule has 1 fully saturated rings. The first-order chi connectivity index (χ1) is 8.26. The van der Waals surface area contributed by atoms with Crippen LogP contribution in [0, 0.1) is 0 Å². The maximum absolute atomic E-state index is 5.01. The molecule has 17 heavy (non-hydrogen) atoms. The number of H-pyrrole nitrogens is 1. The van der Waals surface area contributed by atoms with Crippen molar-refractivity contribution in [3.63, 3.8) is 0 Å². The summed E-state index contributed by atoms with van der Waals surface area (Å²) in [7, 11) is 1.69. The number of rotatable bonds is 2. The minimum atomic E-state index is 0.516. The molecule has 0 atom stereocenters. The van der Waals surface area contributed by atoms with Gasteiger partial charge < -0.3 is 9.72 Å². The average molecular weight is 293 g/mol. The van der Waals surface area contributed by atoms with Gasteiger partial charge in [0.05, 0.1) is 24.4 Å². The Kier molecular flexibility index (Phi) is 2.67. The zero-order valence-electron chi connectivity index (χ0n) is 9.53. The van der Waals surface area contributed by atoms with Crippen LogP contribution in [0.5, 0.6) is 0 Å². The van der Waals surface area contributed by atoms with Crippen LogP contribution in [-0.4, -0.2) is 17.1 Å². The number of methoxy groups -OCH3 is 1. The minimum absolute atomic E-state index is 0.516. The first-order valence-corrected chi connectivity index (χ1v) is 6.41. The van der Waals surface area contributed by atoms with Gasteiger partial charge in [-0.15, -0.1) is 0 Å². The second kappa shape index (κ2) is 4.18. The third kappa shape index (κ3) is 1.97. The van der Waals surface area contributed by atoms with Gasteiger partial charge in [-0.05, 0) is 36.6 Å². The highest BCUT2D eigenvalue weighted by Crippen LogP contribution is 2.40. The number of ether oxygens (including phenoxy) is 1. The summed E-state index contributed by atoms with van der Waals surface area (Å²) >= 11 is 3.47. The van der Waals surface area contributed by atoms with Gasteiger partial charge in [0, 0.05) is 10.4 Å². The first-order valence-electron chi connectivity index (χ1n) is 5.62. The van der Waals surface area contributed by atoms with E-state index in [0.717, 1.165) is 34.2 Å². The average Bonchev–Trinajstić information content (AvgIpc) is 2.64. The quantitative estimate of drug-likeness (QED) is 0.857. The van der Waals surface area contributed by atoms with E-state index in [0.29, 0.717) is 5.92 Å². The summed E-state index contributed by atoms with van der Waals surface area (Å²) in [5.74, 6) is 1.61. The Balaban J connectivity index is 1.85. The molecule has 3 rings (SSSR count). The van der Waals surface area contributed by atoms with E-state index in [4.69, 9.17) is 4.74 Å². The molecule has 4 heteroatoms. The van der Waals surface area contributed by atoms with Crippen molar-refractivity contribution >= 4 is 27.0 Å². The molecule has 1 heterocycles. The van der Waals surface area contributed by atoms with Crippen LogP contribution in [0.3, 0.4) is 0 Å². The topological polar surface area (TPSA) is 37.9 Å². The number of fused-ring (bicyclic) bond motifs is 1. The second-order valence-corrected chi connectivity index (χ2v) is 5.32. The van der Waals surface area contributed by atoms with Crippen molar-refractivity contribution in [1.82, 2.24) is 9.97 Å². The van der Waals surface area contributed by atoms with E-state index in [1.54, 1.807) is 7.11 Å². The summed E-state index contributed by atoms with van der Waals surface area (Å²) in [6, 6.07) is 6.12. The third-order valence-corrected chi connectivity index (χ3v) is 3.64. The molecule has 1 aromatic carbocycles. The maximum Gasteiger partial charge on any atom is 0.111 e. The second-order valence-electron chi connectivity index (χ2n) is 4.40. The SMILES string of the molecule is COC=C1CC(c2nc3ccc(Br)cc3[nH]2)C1. The smallest absolute Gasteiger partial charge is 0.111 e. The molecule has 0 radical (unpaired) electrons. The summed E-state index contributed by atoms with van der Waals surface area (Å²) in [5.41, 5.74) is 3.49. The zero-order chi connectivity index (χ0) is 11.8. The molecule has 1 saturated carbocycles. The first kappa shape index (κ1) is 10.8. The fraction of sp³-hybridized carbons (Fsp3) is 0.308. The Morgan fingerprint density at radius 3 is 3.06 bits per heavy atom. The number of aromatic nitrogens is 2. The molecule has 0 bridgehead atoms. The van der Waals surface area contributed by atoms with Crippen molar-refractivity contribution in [1.29, 1.82) is 0 Å². The largest absolute Gasteiger partial charge is 0.504 e. The van der Waals surface area contributed by atoms with E-state index < -0.39 is 0 Å². The number of imidazole rings is 1. The standard InChI is InChI=1S/C13H13BrN2O/c1-17-7-8-4-9(5-8)13-15-11-3-2-10(14)6-12(11)16-13/h2-3,6-7,9H,4-5H2,1H3,(H,15,16). The van der Waals surface area contributed by atoms with Crippen molar-refractivity contribution in [2.24, 2.45) is 0 Å². The predicted molar refractivity (Wildman–Crippen MR) is 70.9 cm³/mol. The summed E-state index contributed by atoms with van der Waals surface area (Å²) in [4.78, 5) is 8.02. The molecular weight excluding hydrogens is 280 g/mol. The van der Waals surface area contributed by atoms with Gasteiger partial charge in [0.25, 0.3) is 0 Å². The number of hydrogen-bond donors (Lipinski definition) is 1. The van der Waals surface area contributed by atoms with Gasteiger partial charge in [0.2, 0.25) is 0 Å². The Bertz CT molecular complexity index is 580. The highest BCUT2D eigenvalue weighted by molar-refractivity contribution is 9.10. The van der Waals surface area contributed by atoms with Crippen LogP contribution in [0.1, 0.15) is 24.6 Å². The van der Waals surface area contributed by atoms with Crippen LogP contribution < -0.4 is 0 Å². The van der Waals surface area contributed by atoms with Crippen LogP contribution in [0.25, 0.3) is 11.0 Å². The molecule has 1 aliphatic rings. The molecule has 1 N–H and O–H groups in total. The molecule has 0 saturated heterocycles. The molecular formula is C13H13BrN2O. The van der Waals surface area contributed by atoms with Gasteiger partial charge in [-0.3, -0.25) is 0 Å². The number of nitrogens with zero attached hydrogens (tertiary/aromatic N) is 1. The van der Waals surface area contributed by atoms with E-state index >= 15 is 0 Å². The molecule has 0 amide bonds. The zero-order valence-corrected chi connectivity index (χ0v) is 11.1. The Labute approximate surface area is 108 Å². The number of aromatic amines is 1. The van der Waals surface area contributed by atoms with Crippen LogP contribution in [-0.2, 0) is 4.74 Å². The number of allylic oxidation sites excluding steroid dienone is 1. The Hall–Kier alpha value is -1.29. The van der Waals surface area contributed by atoms with Gasteiger partial charge in [-0.25, -0.2) is 4.98 Å². The summed E-state index contributed by atoms with van der Waals surface area (Å²) in [5, 5.41) is 0. The van der Waals surface area contributed by atoms with Gasteiger partial charge in [0.1, 0.15) is 5.82 Å². The van der Waals surface area contributed by atoms with Crippen molar-refractivity contribution < 1.29 is 4.74 Å². The number of hydrogen-bond acceptors (Lipinski definition) is 2. The van der Waals surface area contributed by atoms with Crippen molar-refractivity contribution in [3.8, 4) is 0 Å². The van der Waals surface area contributed by atoms with E-state index in [9.17, 15) is 0 Å².